The van der Waals surface area contributed by atoms with Crippen molar-refractivity contribution in [2.45, 2.75) is 26.9 Å². The molecule has 0 aliphatic heterocycles. The van der Waals surface area contributed by atoms with Crippen LogP contribution in [0, 0.1) is 12.7 Å². The van der Waals surface area contributed by atoms with Crippen LogP contribution in [0.2, 0.25) is 5.02 Å². The Morgan fingerprint density at radius 3 is 2.62 bits per heavy atom. The fourth-order valence-electron chi connectivity index (χ4n) is 2.52. The number of pyridine rings is 1. The zero-order chi connectivity index (χ0) is 17.3. The molecule has 0 atom stereocenters. The van der Waals surface area contributed by atoms with Crippen LogP contribution in [0.3, 0.4) is 0 Å². The van der Waals surface area contributed by atoms with E-state index < -0.39 is 5.82 Å². The van der Waals surface area contributed by atoms with Gasteiger partial charge in [0.2, 0.25) is 0 Å². The molecule has 0 bridgehead atoms. The number of hydrogen-bond acceptors (Lipinski definition) is 3. The number of fused-ring (bicyclic) bond motifs is 1. The molecule has 0 amide bonds. The number of aryl methyl sites for hydroxylation is 1. The van der Waals surface area contributed by atoms with Crippen molar-refractivity contribution in [1.29, 1.82) is 0 Å². The first-order valence-corrected chi connectivity index (χ1v) is 8.10. The maximum atomic E-state index is 13.7. The Hall–Kier alpha value is -2.33. The Labute approximate surface area is 145 Å². The summed E-state index contributed by atoms with van der Waals surface area (Å²) < 4.78 is 19.4. The van der Waals surface area contributed by atoms with Crippen molar-refractivity contribution < 1.29 is 9.13 Å². The molecule has 0 aliphatic rings. The third-order valence-corrected chi connectivity index (χ3v) is 3.79. The SMILES string of the molecule is Cc1cc(Nc2ccc(Cl)c(F)c2)c2cc(OC(C)C)ccc2n1. The summed E-state index contributed by atoms with van der Waals surface area (Å²) >= 11 is 5.74. The van der Waals surface area contributed by atoms with Gasteiger partial charge in [-0.2, -0.15) is 0 Å². The standard InChI is InChI=1S/C19H18ClFN2O/c1-11(2)24-14-5-7-18-15(10-14)19(8-12(3)22-18)23-13-4-6-16(20)17(21)9-13/h4-11H,1-3H3,(H,22,23). The highest BCUT2D eigenvalue weighted by Crippen LogP contribution is 2.30. The van der Waals surface area contributed by atoms with Gasteiger partial charge < -0.3 is 10.1 Å². The topological polar surface area (TPSA) is 34.1 Å². The van der Waals surface area contributed by atoms with Gasteiger partial charge in [-0.1, -0.05) is 11.6 Å². The molecule has 0 unspecified atom stereocenters. The molecule has 124 valence electrons. The third kappa shape index (κ3) is 3.60. The van der Waals surface area contributed by atoms with Crippen LogP contribution in [-0.4, -0.2) is 11.1 Å². The second-order valence-corrected chi connectivity index (χ2v) is 6.32. The van der Waals surface area contributed by atoms with Crippen LogP contribution in [0.4, 0.5) is 15.8 Å². The molecule has 1 heterocycles. The number of rotatable bonds is 4. The number of ether oxygens (including phenoxy) is 1. The molecule has 0 radical (unpaired) electrons. The number of hydrogen-bond donors (Lipinski definition) is 1. The normalized spacial score (nSPS) is 11.1. The molecular formula is C19H18ClFN2O. The van der Waals surface area contributed by atoms with Crippen molar-refractivity contribution in [2.75, 3.05) is 5.32 Å². The van der Waals surface area contributed by atoms with E-state index in [0.717, 1.165) is 28.0 Å². The van der Waals surface area contributed by atoms with Crippen molar-refractivity contribution in [3.8, 4) is 5.75 Å². The van der Waals surface area contributed by atoms with E-state index in [4.69, 9.17) is 16.3 Å². The molecule has 1 N–H and O–H groups in total. The summed E-state index contributed by atoms with van der Waals surface area (Å²) in [5.41, 5.74) is 3.19. The van der Waals surface area contributed by atoms with Crippen LogP contribution in [0.1, 0.15) is 19.5 Å². The second-order valence-electron chi connectivity index (χ2n) is 5.91. The van der Waals surface area contributed by atoms with E-state index in [2.05, 4.69) is 10.3 Å². The lowest BCUT2D eigenvalue weighted by Crippen LogP contribution is -2.05. The van der Waals surface area contributed by atoms with Gasteiger partial charge in [0.05, 0.1) is 16.6 Å². The predicted octanol–water partition coefficient (Wildman–Crippen LogP) is 5.87. The molecule has 1 aromatic heterocycles. The molecule has 3 aromatic rings. The van der Waals surface area contributed by atoms with E-state index in [1.165, 1.54) is 12.1 Å². The van der Waals surface area contributed by atoms with Crippen molar-refractivity contribution in [2.24, 2.45) is 0 Å². The zero-order valence-electron chi connectivity index (χ0n) is 13.7. The summed E-state index contributed by atoms with van der Waals surface area (Å²) in [6.07, 6.45) is 0.0858. The van der Waals surface area contributed by atoms with Gasteiger partial charge >= 0.3 is 0 Å². The smallest absolute Gasteiger partial charge is 0.143 e. The molecule has 24 heavy (non-hydrogen) atoms. The van der Waals surface area contributed by atoms with Crippen LogP contribution in [-0.2, 0) is 0 Å². The minimum Gasteiger partial charge on any atom is -0.491 e. The maximum absolute atomic E-state index is 13.7. The number of halogens is 2. The monoisotopic (exact) mass is 344 g/mol. The summed E-state index contributed by atoms with van der Waals surface area (Å²) in [7, 11) is 0. The Kier molecular flexibility index (Phi) is 4.58. The molecule has 0 aliphatic carbocycles. The van der Waals surface area contributed by atoms with E-state index in [1.54, 1.807) is 6.07 Å². The first-order chi connectivity index (χ1) is 11.4. The molecule has 3 nitrogen and oxygen atoms in total. The Morgan fingerprint density at radius 2 is 1.92 bits per heavy atom. The van der Waals surface area contributed by atoms with Crippen LogP contribution in [0.5, 0.6) is 5.75 Å². The summed E-state index contributed by atoms with van der Waals surface area (Å²) in [4.78, 5) is 4.54. The van der Waals surface area contributed by atoms with Gasteiger partial charge in [0, 0.05) is 22.5 Å². The first-order valence-electron chi connectivity index (χ1n) is 7.72. The maximum Gasteiger partial charge on any atom is 0.143 e. The third-order valence-electron chi connectivity index (χ3n) is 3.48. The first kappa shape index (κ1) is 16.5. The van der Waals surface area contributed by atoms with Crippen molar-refractivity contribution in [1.82, 2.24) is 4.98 Å². The molecular weight excluding hydrogens is 327 g/mol. The molecule has 0 saturated carbocycles. The summed E-state index contributed by atoms with van der Waals surface area (Å²) in [6.45, 7) is 5.88. The van der Waals surface area contributed by atoms with E-state index in [-0.39, 0.29) is 11.1 Å². The second kappa shape index (κ2) is 6.65. The number of aromatic nitrogens is 1. The zero-order valence-corrected chi connectivity index (χ0v) is 14.5. The molecule has 3 rings (SSSR count). The highest BCUT2D eigenvalue weighted by Gasteiger charge is 2.09. The highest BCUT2D eigenvalue weighted by molar-refractivity contribution is 6.30. The molecule has 5 heteroatoms. The van der Waals surface area contributed by atoms with Gasteiger partial charge in [-0.05, 0) is 63.2 Å². The average Bonchev–Trinajstić information content (AvgIpc) is 2.51. The van der Waals surface area contributed by atoms with Gasteiger partial charge in [-0.3, -0.25) is 4.98 Å². The van der Waals surface area contributed by atoms with E-state index in [9.17, 15) is 4.39 Å². The quantitative estimate of drug-likeness (QED) is 0.643. The lowest BCUT2D eigenvalue weighted by Gasteiger charge is -2.14. The van der Waals surface area contributed by atoms with Gasteiger partial charge in [0.15, 0.2) is 0 Å². The van der Waals surface area contributed by atoms with Gasteiger partial charge in [0.1, 0.15) is 11.6 Å². The average molecular weight is 345 g/mol. The van der Waals surface area contributed by atoms with Gasteiger partial charge in [0.25, 0.3) is 0 Å². The molecule has 0 fully saturated rings. The van der Waals surface area contributed by atoms with Gasteiger partial charge in [-0.15, -0.1) is 0 Å². The lowest BCUT2D eigenvalue weighted by molar-refractivity contribution is 0.243. The Bertz CT molecular complexity index is 896. The minimum absolute atomic E-state index is 0.0858. The summed E-state index contributed by atoms with van der Waals surface area (Å²) in [6, 6.07) is 12.3. The van der Waals surface area contributed by atoms with Crippen LogP contribution in [0.25, 0.3) is 10.9 Å². The van der Waals surface area contributed by atoms with E-state index in [0.29, 0.717) is 5.69 Å². The number of benzene rings is 2. The summed E-state index contributed by atoms with van der Waals surface area (Å²) in [5.74, 6) is 0.314. The lowest BCUT2D eigenvalue weighted by atomic mass is 10.1. The molecule has 2 aromatic carbocycles. The van der Waals surface area contributed by atoms with E-state index in [1.807, 2.05) is 45.0 Å². The Balaban J connectivity index is 2.05. The minimum atomic E-state index is -0.458. The molecule has 0 saturated heterocycles. The molecule has 0 spiro atoms. The van der Waals surface area contributed by atoms with Crippen molar-refractivity contribution >= 4 is 33.9 Å². The van der Waals surface area contributed by atoms with Crippen LogP contribution in [0.15, 0.2) is 42.5 Å². The fourth-order valence-corrected chi connectivity index (χ4v) is 2.63. The summed E-state index contributed by atoms with van der Waals surface area (Å²) in [5, 5.41) is 4.25. The van der Waals surface area contributed by atoms with E-state index >= 15 is 0 Å². The number of anilines is 2. The van der Waals surface area contributed by atoms with Crippen molar-refractivity contribution in [3.05, 3.63) is 59.0 Å². The van der Waals surface area contributed by atoms with Crippen LogP contribution < -0.4 is 10.1 Å². The fraction of sp³-hybridized carbons (Fsp3) is 0.211. The van der Waals surface area contributed by atoms with Crippen LogP contribution >= 0.6 is 11.6 Å². The highest BCUT2D eigenvalue weighted by atomic mass is 35.5. The number of nitrogens with one attached hydrogen (secondary N) is 1. The van der Waals surface area contributed by atoms with Crippen molar-refractivity contribution in [3.63, 3.8) is 0 Å². The van der Waals surface area contributed by atoms with Gasteiger partial charge in [-0.25, -0.2) is 4.39 Å². The number of nitrogens with zero attached hydrogens (tertiary/aromatic N) is 1. The largest absolute Gasteiger partial charge is 0.491 e. The Morgan fingerprint density at radius 1 is 1.12 bits per heavy atom. The predicted molar refractivity (Wildman–Crippen MR) is 96.9 cm³/mol.